The number of carbonyl (C=O) groups is 1. The molecule has 4 aromatic rings. The van der Waals surface area contributed by atoms with Gasteiger partial charge in [-0.15, -0.1) is 21.5 Å². The van der Waals surface area contributed by atoms with Crippen LogP contribution in [0.4, 0.5) is 4.39 Å². The molecule has 1 aliphatic rings. The van der Waals surface area contributed by atoms with Gasteiger partial charge in [-0.05, 0) is 31.2 Å². The third-order valence-corrected chi connectivity index (χ3v) is 5.63. The van der Waals surface area contributed by atoms with Crippen LogP contribution in [0.5, 0.6) is 0 Å². The summed E-state index contributed by atoms with van der Waals surface area (Å²) in [5.74, 6) is 0.938. The van der Waals surface area contributed by atoms with Crippen LogP contribution in [0.1, 0.15) is 29.1 Å². The normalized spacial score (nSPS) is 16.7. The summed E-state index contributed by atoms with van der Waals surface area (Å²) in [6.07, 6.45) is 3.89. The summed E-state index contributed by atoms with van der Waals surface area (Å²) in [6, 6.07) is 5.38. The number of aromatic nitrogens is 5. The molecule has 1 aromatic carbocycles. The summed E-state index contributed by atoms with van der Waals surface area (Å²) in [5, 5.41) is 10.6. The Balaban J connectivity index is 1.47. The molecule has 0 aliphatic carbocycles. The lowest BCUT2D eigenvalue weighted by Gasteiger charge is -2.33. The minimum Gasteiger partial charge on any atom is -0.327 e. The number of halogens is 1. The number of thiazole rings is 1. The Kier molecular flexibility index (Phi) is 3.57. The van der Waals surface area contributed by atoms with Crippen LogP contribution in [0.3, 0.4) is 0 Å². The van der Waals surface area contributed by atoms with E-state index in [9.17, 15) is 9.18 Å². The van der Waals surface area contributed by atoms with Gasteiger partial charge in [-0.3, -0.25) is 9.20 Å². The molecule has 0 bridgehead atoms. The highest BCUT2D eigenvalue weighted by molar-refractivity contribution is 7.15. The number of fused-ring (bicyclic) bond motifs is 2. The van der Waals surface area contributed by atoms with Gasteiger partial charge in [0.2, 0.25) is 0 Å². The van der Waals surface area contributed by atoms with E-state index in [0.717, 1.165) is 16.5 Å². The van der Waals surface area contributed by atoms with E-state index in [1.807, 2.05) is 33.7 Å². The summed E-state index contributed by atoms with van der Waals surface area (Å²) in [4.78, 5) is 20.1. The summed E-state index contributed by atoms with van der Waals surface area (Å²) < 4.78 is 17.1. The molecule has 0 N–H and O–H groups in total. The molecule has 27 heavy (non-hydrogen) atoms. The third kappa shape index (κ3) is 2.54. The van der Waals surface area contributed by atoms with Gasteiger partial charge in [-0.25, -0.2) is 9.37 Å². The van der Waals surface area contributed by atoms with E-state index in [1.54, 1.807) is 16.2 Å². The van der Waals surface area contributed by atoms with E-state index < -0.39 is 0 Å². The quantitative estimate of drug-likeness (QED) is 0.534. The van der Waals surface area contributed by atoms with Crippen molar-refractivity contribution < 1.29 is 9.18 Å². The number of benzene rings is 1. The van der Waals surface area contributed by atoms with Crippen LogP contribution in [0, 0.1) is 5.82 Å². The lowest BCUT2D eigenvalue weighted by molar-refractivity contribution is 0.0638. The first-order valence-electron chi connectivity index (χ1n) is 8.54. The van der Waals surface area contributed by atoms with Crippen molar-refractivity contribution in [2.24, 2.45) is 0 Å². The fraction of sp³-hybridized carbons (Fsp3) is 0.222. The zero-order chi connectivity index (χ0) is 18.5. The molecule has 1 aliphatic heterocycles. The molecule has 1 unspecified atom stereocenters. The molecule has 0 saturated carbocycles. The predicted molar refractivity (Wildman–Crippen MR) is 97.9 cm³/mol. The van der Waals surface area contributed by atoms with Crippen molar-refractivity contribution in [3.63, 3.8) is 0 Å². The molecule has 0 spiro atoms. The van der Waals surface area contributed by atoms with E-state index >= 15 is 0 Å². The van der Waals surface area contributed by atoms with Gasteiger partial charge in [-0.2, -0.15) is 0 Å². The fourth-order valence-electron chi connectivity index (χ4n) is 3.45. The maximum atomic E-state index is 13.1. The lowest BCUT2D eigenvalue weighted by atomic mass is 10.1. The van der Waals surface area contributed by atoms with E-state index in [4.69, 9.17) is 0 Å². The molecular formula is C18H15FN6OS. The van der Waals surface area contributed by atoms with Crippen LogP contribution in [0.2, 0.25) is 0 Å². The van der Waals surface area contributed by atoms with Crippen molar-refractivity contribution in [2.45, 2.75) is 19.5 Å². The number of carbonyl (C=O) groups excluding carboxylic acids is 1. The summed E-state index contributed by atoms with van der Waals surface area (Å²) in [7, 11) is 0. The maximum absolute atomic E-state index is 13.1. The molecule has 4 heterocycles. The van der Waals surface area contributed by atoms with Crippen LogP contribution < -0.4 is 0 Å². The highest BCUT2D eigenvalue weighted by Crippen LogP contribution is 2.29. The molecule has 0 fully saturated rings. The molecule has 3 aromatic heterocycles. The average Bonchev–Trinajstić information content (AvgIpc) is 3.36. The third-order valence-electron chi connectivity index (χ3n) is 4.86. The van der Waals surface area contributed by atoms with Crippen molar-refractivity contribution in [1.82, 2.24) is 29.0 Å². The van der Waals surface area contributed by atoms with Gasteiger partial charge in [0.15, 0.2) is 16.6 Å². The number of hydrogen-bond acceptors (Lipinski definition) is 5. The smallest absolute Gasteiger partial charge is 0.254 e. The van der Waals surface area contributed by atoms with Gasteiger partial charge in [0, 0.05) is 36.4 Å². The Morgan fingerprint density at radius 1 is 1.22 bits per heavy atom. The minimum absolute atomic E-state index is 0.138. The zero-order valence-corrected chi connectivity index (χ0v) is 15.2. The summed E-state index contributed by atoms with van der Waals surface area (Å²) in [5.41, 5.74) is 1.23. The van der Waals surface area contributed by atoms with Gasteiger partial charge in [-0.1, -0.05) is 0 Å². The Hall–Kier alpha value is -3.07. The van der Waals surface area contributed by atoms with Crippen LogP contribution in [0.15, 0.2) is 42.0 Å². The molecule has 7 nitrogen and oxygen atoms in total. The van der Waals surface area contributed by atoms with Crippen molar-refractivity contribution in [3.8, 4) is 11.5 Å². The highest BCUT2D eigenvalue weighted by atomic mass is 32.1. The van der Waals surface area contributed by atoms with Gasteiger partial charge >= 0.3 is 0 Å². The second-order valence-corrected chi connectivity index (χ2v) is 7.31. The van der Waals surface area contributed by atoms with Crippen molar-refractivity contribution in [1.29, 1.82) is 0 Å². The number of rotatable bonds is 2. The zero-order valence-electron chi connectivity index (χ0n) is 14.4. The molecule has 1 atom stereocenters. The SMILES string of the molecule is CC1c2nnc(-c3cn4ccsc4n3)n2CCN1C(=O)c1ccc(F)cc1. The molecule has 136 valence electrons. The average molecular weight is 382 g/mol. The van der Waals surface area contributed by atoms with Gasteiger partial charge < -0.3 is 9.47 Å². The van der Waals surface area contributed by atoms with Crippen LogP contribution >= 0.6 is 11.3 Å². The Morgan fingerprint density at radius 2 is 2.04 bits per heavy atom. The second kappa shape index (κ2) is 5.98. The largest absolute Gasteiger partial charge is 0.327 e. The van der Waals surface area contributed by atoms with Gasteiger partial charge in [0.1, 0.15) is 11.5 Å². The molecule has 5 rings (SSSR count). The first kappa shape index (κ1) is 16.1. The first-order valence-corrected chi connectivity index (χ1v) is 9.42. The summed E-state index contributed by atoms with van der Waals surface area (Å²) in [6.45, 7) is 3.04. The van der Waals surface area contributed by atoms with E-state index in [-0.39, 0.29) is 17.8 Å². The molecule has 0 saturated heterocycles. The standard InChI is InChI=1S/C18H15FN6OS/c1-11-15-21-22-16(14-10-23-8-9-27-18(23)20-14)25(15)7-6-24(11)17(26)12-2-4-13(19)5-3-12/h2-5,8-11H,6-7H2,1H3. The van der Waals surface area contributed by atoms with Gasteiger partial charge in [0.05, 0.1) is 6.04 Å². The van der Waals surface area contributed by atoms with E-state index in [0.29, 0.717) is 24.5 Å². The van der Waals surface area contributed by atoms with Crippen molar-refractivity contribution in [3.05, 3.63) is 59.2 Å². The number of nitrogens with zero attached hydrogens (tertiary/aromatic N) is 6. The number of hydrogen-bond donors (Lipinski definition) is 0. The minimum atomic E-state index is -0.359. The van der Waals surface area contributed by atoms with Crippen LogP contribution in [-0.2, 0) is 6.54 Å². The van der Waals surface area contributed by atoms with Crippen LogP contribution in [-0.4, -0.2) is 41.5 Å². The maximum Gasteiger partial charge on any atom is 0.254 e. The molecule has 9 heteroatoms. The van der Waals surface area contributed by atoms with E-state index in [1.165, 1.54) is 24.3 Å². The summed E-state index contributed by atoms with van der Waals surface area (Å²) >= 11 is 1.56. The number of imidazole rings is 1. The van der Waals surface area contributed by atoms with E-state index in [2.05, 4.69) is 15.2 Å². The Labute approximate surface area is 157 Å². The molecule has 0 radical (unpaired) electrons. The highest BCUT2D eigenvalue weighted by Gasteiger charge is 2.32. The van der Waals surface area contributed by atoms with Crippen LogP contribution in [0.25, 0.3) is 16.5 Å². The monoisotopic (exact) mass is 382 g/mol. The second-order valence-electron chi connectivity index (χ2n) is 6.43. The fourth-order valence-corrected chi connectivity index (χ4v) is 4.15. The number of amides is 1. The van der Waals surface area contributed by atoms with Gasteiger partial charge in [0.25, 0.3) is 5.91 Å². The predicted octanol–water partition coefficient (Wildman–Crippen LogP) is 3.01. The Morgan fingerprint density at radius 3 is 2.81 bits per heavy atom. The molecule has 1 amide bonds. The Bertz CT molecular complexity index is 1120. The van der Waals surface area contributed by atoms with Crippen molar-refractivity contribution in [2.75, 3.05) is 6.54 Å². The first-order chi connectivity index (χ1) is 13.1. The lowest BCUT2D eigenvalue weighted by Crippen LogP contribution is -2.41. The van der Waals surface area contributed by atoms with Crippen molar-refractivity contribution >= 4 is 22.2 Å². The topological polar surface area (TPSA) is 68.3 Å². The molecular weight excluding hydrogens is 367 g/mol.